The SMILES string of the molecule is Cc1cc(C)cc(CNC(C)Cn2ccnc2)c1. The van der Waals surface area contributed by atoms with Gasteiger partial charge in [-0.2, -0.15) is 0 Å². The van der Waals surface area contributed by atoms with E-state index in [0.717, 1.165) is 13.1 Å². The minimum Gasteiger partial charge on any atom is -0.336 e. The van der Waals surface area contributed by atoms with E-state index in [1.807, 2.05) is 18.7 Å². The third-order valence-electron chi connectivity index (χ3n) is 2.98. The van der Waals surface area contributed by atoms with Gasteiger partial charge in [-0.15, -0.1) is 0 Å². The molecule has 1 atom stereocenters. The van der Waals surface area contributed by atoms with Crippen molar-refractivity contribution in [1.82, 2.24) is 14.9 Å². The monoisotopic (exact) mass is 243 g/mol. The largest absolute Gasteiger partial charge is 0.336 e. The quantitative estimate of drug-likeness (QED) is 0.875. The van der Waals surface area contributed by atoms with Crippen LogP contribution >= 0.6 is 0 Å². The number of hydrogen-bond acceptors (Lipinski definition) is 2. The molecule has 0 spiro atoms. The van der Waals surface area contributed by atoms with Gasteiger partial charge in [-0.1, -0.05) is 29.3 Å². The molecule has 1 aromatic heterocycles. The van der Waals surface area contributed by atoms with E-state index in [9.17, 15) is 0 Å². The van der Waals surface area contributed by atoms with Crippen LogP contribution in [0.1, 0.15) is 23.6 Å². The molecular weight excluding hydrogens is 222 g/mol. The Morgan fingerprint density at radius 1 is 1.22 bits per heavy atom. The van der Waals surface area contributed by atoms with Gasteiger partial charge in [0.1, 0.15) is 0 Å². The lowest BCUT2D eigenvalue weighted by atomic mass is 10.1. The molecule has 0 aliphatic heterocycles. The van der Waals surface area contributed by atoms with E-state index in [1.165, 1.54) is 16.7 Å². The average molecular weight is 243 g/mol. The number of benzene rings is 1. The van der Waals surface area contributed by atoms with Gasteiger partial charge in [0.15, 0.2) is 0 Å². The van der Waals surface area contributed by atoms with Crippen molar-refractivity contribution in [1.29, 1.82) is 0 Å². The van der Waals surface area contributed by atoms with Crippen molar-refractivity contribution in [2.45, 2.75) is 39.9 Å². The molecule has 2 aromatic rings. The molecule has 0 saturated carbocycles. The van der Waals surface area contributed by atoms with Crippen LogP contribution in [0.15, 0.2) is 36.9 Å². The Hall–Kier alpha value is -1.61. The van der Waals surface area contributed by atoms with Gasteiger partial charge in [-0.05, 0) is 26.3 Å². The second-order valence-corrected chi connectivity index (χ2v) is 5.04. The Balaban J connectivity index is 1.87. The molecule has 96 valence electrons. The summed E-state index contributed by atoms with van der Waals surface area (Å²) in [7, 11) is 0. The lowest BCUT2D eigenvalue weighted by molar-refractivity contribution is 0.476. The number of aromatic nitrogens is 2. The second-order valence-electron chi connectivity index (χ2n) is 5.04. The van der Waals surface area contributed by atoms with Crippen molar-refractivity contribution in [3.63, 3.8) is 0 Å². The molecule has 3 heteroatoms. The summed E-state index contributed by atoms with van der Waals surface area (Å²) in [6.45, 7) is 8.35. The zero-order chi connectivity index (χ0) is 13.0. The third-order valence-corrected chi connectivity index (χ3v) is 2.98. The molecule has 0 aliphatic rings. The van der Waals surface area contributed by atoms with Gasteiger partial charge >= 0.3 is 0 Å². The molecule has 0 fully saturated rings. The number of imidazole rings is 1. The van der Waals surface area contributed by atoms with Crippen molar-refractivity contribution < 1.29 is 0 Å². The van der Waals surface area contributed by atoms with E-state index in [0.29, 0.717) is 6.04 Å². The Bertz CT molecular complexity index is 468. The molecule has 18 heavy (non-hydrogen) atoms. The normalized spacial score (nSPS) is 12.6. The molecule has 1 aromatic carbocycles. The average Bonchev–Trinajstić information content (AvgIpc) is 2.78. The lowest BCUT2D eigenvalue weighted by Gasteiger charge is -2.15. The topological polar surface area (TPSA) is 29.9 Å². The highest BCUT2D eigenvalue weighted by atomic mass is 15.1. The first-order valence-electron chi connectivity index (χ1n) is 6.40. The number of rotatable bonds is 5. The standard InChI is InChI=1S/C15H21N3/c1-12-6-13(2)8-15(7-12)9-17-14(3)10-18-5-4-16-11-18/h4-8,11,14,17H,9-10H2,1-3H3. The minimum atomic E-state index is 0.431. The maximum Gasteiger partial charge on any atom is 0.0946 e. The van der Waals surface area contributed by atoms with Crippen LogP contribution in [0.5, 0.6) is 0 Å². The Morgan fingerprint density at radius 3 is 2.56 bits per heavy atom. The fourth-order valence-corrected chi connectivity index (χ4v) is 2.24. The van der Waals surface area contributed by atoms with Crippen LogP contribution in [0.2, 0.25) is 0 Å². The summed E-state index contributed by atoms with van der Waals surface area (Å²) in [5.41, 5.74) is 4.01. The van der Waals surface area contributed by atoms with Crippen LogP contribution in [-0.2, 0) is 13.1 Å². The van der Waals surface area contributed by atoms with Gasteiger partial charge in [0.2, 0.25) is 0 Å². The molecule has 0 radical (unpaired) electrons. The van der Waals surface area contributed by atoms with E-state index in [1.54, 1.807) is 0 Å². The smallest absolute Gasteiger partial charge is 0.0946 e. The molecule has 1 unspecified atom stereocenters. The van der Waals surface area contributed by atoms with Crippen molar-refractivity contribution in [3.05, 3.63) is 53.6 Å². The molecule has 1 N–H and O–H groups in total. The highest BCUT2D eigenvalue weighted by Gasteiger charge is 2.03. The van der Waals surface area contributed by atoms with Gasteiger partial charge in [-0.25, -0.2) is 4.98 Å². The number of aryl methyl sites for hydroxylation is 2. The molecule has 2 rings (SSSR count). The summed E-state index contributed by atoms with van der Waals surface area (Å²) < 4.78 is 2.10. The van der Waals surface area contributed by atoms with Crippen LogP contribution in [0, 0.1) is 13.8 Å². The summed E-state index contributed by atoms with van der Waals surface area (Å²) in [5, 5.41) is 3.54. The molecule has 1 heterocycles. The Labute approximate surface area is 109 Å². The van der Waals surface area contributed by atoms with Crippen LogP contribution in [0.3, 0.4) is 0 Å². The van der Waals surface area contributed by atoms with Gasteiger partial charge in [0, 0.05) is 31.5 Å². The van der Waals surface area contributed by atoms with Gasteiger partial charge < -0.3 is 9.88 Å². The molecule has 0 amide bonds. The lowest BCUT2D eigenvalue weighted by Crippen LogP contribution is -2.29. The predicted octanol–water partition coefficient (Wildman–Crippen LogP) is 2.68. The first-order valence-corrected chi connectivity index (χ1v) is 6.40. The minimum absolute atomic E-state index is 0.431. The number of nitrogens with zero attached hydrogens (tertiary/aromatic N) is 2. The summed E-state index contributed by atoms with van der Waals surface area (Å²) in [6.07, 6.45) is 5.67. The van der Waals surface area contributed by atoms with Crippen molar-refractivity contribution >= 4 is 0 Å². The van der Waals surface area contributed by atoms with Crippen LogP contribution in [-0.4, -0.2) is 15.6 Å². The summed E-state index contributed by atoms with van der Waals surface area (Å²) >= 11 is 0. The zero-order valence-corrected chi connectivity index (χ0v) is 11.4. The number of nitrogens with one attached hydrogen (secondary N) is 1. The second kappa shape index (κ2) is 5.83. The maximum atomic E-state index is 4.05. The first-order chi connectivity index (χ1) is 8.63. The van der Waals surface area contributed by atoms with E-state index in [4.69, 9.17) is 0 Å². The van der Waals surface area contributed by atoms with E-state index in [-0.39, 0.29) is 0 Å². The first kappa shape index (κ1) is 12.8. The number of hydrogen-bond donors (Lipinski definition) is 1. The molecular formula is C15H21N3. The molecule has 3 nitrogen and oxygen atoms in total. The van der Waals surface area contributed by atoms with Crippen LogP contribution in [0.25, 0.3) is 0 Å². The highest BCUT2D eigenvalue weighted by molar-refractivity contribution is 5.28. The Morgan fingerprint density at radius 2 is 1.94 bits per heavy atom. The van der Waals surface area contributed by atoms with Crippen LogP contribution < -0.4 is 5.32 Å². The zero-order valence-electron chi connectivity index (χ0n) is 11.4. The van der Waals surface area contributed by atoms with E-state index in [2.05, 4.69) is 53.8 Å². The third kappa shape index (κ3) is 3.70. The summed E-state index contributed by atoms with van der Waals surface area (Å²) in [6, 6.07) is 7.12. The van der Waals surface area contributed by atoms with Gasteiger partial charge in [0.05, 0.1) is 6.33 Å². The summed E-state index contributed by atoms with van der Waals surface area (Å²) in [4.78, 5) is 4.05. The predicted molar refractivity (Wildman–Crippen MR) is 74.4 cm³/mol. The van der Waals surface area contributed by atoms with Crippen molar-refractivity contribution in [2.75, 3.05) is 0 Å². The fourth-order valence-electron chi connectivity index (χ4n) is 2.24. The molecule has 0 bridgehead atoms. The highest BCUT2D eigenvalue weighted by Crippen LogP contribution is 2.08. The van der Waals surface area contributed by atoms with Crippen molar-refractivity contribution in [2.24, 2.45) is 0 Å². The van der Waals surface area contributed by atoms with E-state index >= 15 is 0 Å². The molecule has 0 saturated heterocycles. The maximum absolute atomic E-state index is 4.05. The van der Waals surface area contributed by atoms with Gasteiger partial charge in [0.25, 0.3) is 0 Å². The summed E-state index contributed by atoms with van der Waals surface area (Å²) in [5.74, 6) is 0. The van der Waals surface area contributed by atoms with Crippen LogP contribution in [0.4, 0.5) is 0 Å². The van der Waals surface area contributed by atoms with Gasteiger partial charge in [-0.3, -0.25) is 0 Å². The molecule has 0 aliphatic carbocycles. The van der Waals surface area contributed by atoms with E-state index < -0.39 is 0 Å². The fraction of sp³-hybridized carbons (Fsp3) is 0.400. The van der Waals surface area contributed by atoms with Crippen molar-refractivity contribution in [3.8, 4) is 0 Å². The Kier molecular flexibility index (Phi) is 4.15.